The number of benzene rings is 2. The molecule has 0 aliphatic rings. The topological polar surface area (TPSA) is 67.2 Å². The molecule has 0 radical (unpaired) electrons. The molecule has 0 spiro atoms. The Morgan fingerprint density at radius 2 is 1.77 bits per heavy atom. The van der Waals surface area contributed by atoms with Crippen molar-refractivity contribution >= 4 is 23.0 Å². The van der Waals surface area contributed by atoms with E-state index < -0.39 is 0 Å². The molecular formula is C18H23N3O. The van der Waals surface area contributed by atoms with Crippen LogP contribution >= 0.6 is 0 Å². The molecule has 0 aliphatic carbocycles. The van der Waals surface area contributed by atoms with Crippen molar-refractivity contribution in [2.24, 2.45) is 0 Å². The summed E-state index contributed by atoms with van der Waals surface area (Å²) in [6.07, 6.45) is 0.897. The molecule has 0 atom stereocenters. The Hall–Kier alpha value is -2.49. The molecule has 0 aliphatic heterocycles. The summed E-state index contributed by atoms with van der Waals surface area (Å²) in [7, 11) is 0. The average Bonchev–Trinajstić information content (AvgIpc) is 2.45. The van der Waals surface area contributed by atoms with Gasteiger partial charge in [0.2, 0.25) is 0 Å². The molecule has 0 unspecified atom stereocenters. The van der Waals surface area contributed by atoms with Gasteiger partial charge < -0.3 is 16.4 Å². The Balaban J connectivity index is 2.32. The highest BCUT2D eigenvalue weighted by Gasteiger charge is 2.12. The van der Waals surface area contributed by atoms with Gasteiger partial charge in [0, 0.05) is 17.9 Å². The summed E-state index contributed by atoms with van der Waals surface area (Å²) in [5, 5.41) is 6.21. The molecule has 0 heterocycles. The Labute approximate surface area is 131 Å². The maximum Gasteiger partial charge on any atom is 0.253 e. The first kappa shape index (κ1) is 15.9. The fourth-order valence-corrected chi connectivity index (χ4v) is 2.39. The van der Waals surface area contributed by atoms with Crippen molar-refractivity contribution in [1.82, 2.24) is 5.32 Å². The highest BCUT2D eigenvalue weighted by molar-refractivity contribution is 6.01. The van der Waals surface area contributed by atoms with E-state index in [1.165, 1.54) is 11.1 Å². The van der Waals surface area contributed by atoms with Crippen LogP contribution in [-0.2, 0) is 0 Å². The predicted octanol–water partition coefficient (Wildman–Crippen LogP) is 3.77. The number of nitrogen functional groups attached to an aromatic ring is 1. The molecule has 2 aromatic rings. The monoisotopic (exact) mass is 297 g/mol. The number of carbonyl (C=O) groups excluding carboxylic acids is 1. The van der Waals surface area contributed by atoms with Gasteiger partial charge in [-0.25, -0.2) is 0 Å². The first-order valence-electron chi connectivity index (χ1n) is 7.52. The molecule has 116 valence electrons. The summed E-state index contributed by atoms with van der Waals surface area (Å²) in [6, 6.07) is 11.6. The van der Waals surface area contributed by atoms with Gasteiger partial charge in [-0.2, -0.15) is 0 Å². The van der Waals surface area contributed by atoms with Gasteiger partial charge in [-0.1, -0.05) is 13.0 Å². The zero-order valence-electron chi connectivity index (χ0n) is 13.4. The molecule has 4 nitrogen and oxygen atoms in total. The van der Waals surface area contributed by atoms with Crippen LogP contribution in [0.4, 0.5) is 17.1 Å². The predicted molar refractivity (Wildman–Crippen MR) is 92.7 cm³/mol. The van der Waals surface area contributed by atoms with Gasteiger partial charge in [0.05, 0.1) is 11.3 Å². The largest absolute Gasteiger partial charge is 0.399 e. The molecular weight excluding hydrogens is 274 g/mol. The third-order valence-electron chi connectivity index (χ3n) is 3.32. The lowest BCUT2D eigenvalue weighted by molar-refractivity contribution is 0.0954. The van der Waals surface area contributed by atoms with E-state index in [0.29, 0.717) is 17.8 Å². The lowest BCUT2D eigenvalue weighted by Crippen LogP contribution is -2.24. The minimum Gasteiger partial charge on any atom is -0.399 e. The minimum atomic E-state index is -0.110. The first-order valence-corrected chi connectivity index (χ1v) is 7.52. The van der Waals surface area contributed by atoms with Crippen LogP contribution in [0.5, 0.6) is 0 Å². The maximum atomic E-state index is 12.3. The highest BCUT2D eigenvalue weighted by Crippen LogP contribution is 2.24. The van der Waals surface area contributed by atoms with Crippen LogP contribution in [0.2, 0.25) is 0 Å². The molecule has 0 saturated heterocycles. The smallest absolute Gasteiger partial charge is 0.253 e. The van der Waals surface area contributed by atoms with Gasteiger partial charge in [-0.05, 0) is 61.7 Å². The lowest BCUT2D eigenvalue weighted by atomic mass is 10.1. The maximum absolute atomic E-state index is 12.3. The molecule has 4 heteroatoms. The summed E-state index contributed by atoms with van der Waals surface area (Å²) in [5.74, 6) is -0.110. The Bertz CT molecular complexity index is 660. The van der Waals surface area contributed by atoms with Crippen LogP contribution in [0.15, 0.2) is 36.4 Å². The molecule has 0 bridgehead atoms. The molecule has 1 amide bonds. The van der Waals surface area contributed by atoms with Crippen LogP contribution in [0.1, 0.15) is 34.8 Å². The number of nitrogens with one attached hydrogen (secondary N) is 2. The molecule has 22 heavy (non-hydrogen) atoms. The van der Waals surface area contributed by atoms with Gasteiger partial charge in [-0.15, -0.1) is 0 Å². The van der Waals surface area contributed by atoms with E-state index in [-0.39, 0.29) is 5.91 Å². The average molecular weight is 297 g/mol. The van der Waals surface area contributed by atoms with Crippen LogP contribution in [0, 0.1) is 13.8 Å². The molecule has 0 saturated carbocycles. The normalized spacial score (nSPS) is 10.3. The van der Waals surface area contributed by atoms with Gasteiger partial charge in [-0.3, -0.25) is 4.79 Å². The van der Waals surface area contributed by atoms with E-state index in [1.54, 1.807) is 12.1 Å². The number of nitrogens with two attached hydrogens (primary N) is 1. The van der Waals surface area contributed by atoms with Crippen molar-refractivity contribution in [3.05, 3.63) is 53.1 Å². The number of hydrogen-bond acceptors (Lipinski definition) is 3. The number of rotatable bonds is 5. The van der Waals surface area contributed by atoms with Crippen molar-refractivity contribution < 1.29 is 4.79 Å². The Morgan fingerprint density at radius 3 is 2.41 bits per heavy atom. The van der Waals surface area contributed by atoms with Gasteiger partial charge in [0.15, 0.2) is 0 Å². The summed E-state index contributed by atoms with van der Waals surface area (Å²) in [5.41, 5.74) is 11.0. The van der Waals surface area contributed by atoms with E-state index in [9.17, 15) is 4.79 Å². The van der Waals surface area contributed by atoms with Gasteiger partial charge in [0.25, 0.3) is 5.91 Å². The Morgan fingerprint density at radius 1 is 1.09 bits per heavy atom. The van der Waals surface area contributed by atoms with Crippen LogP contribution < -0.4 is 16.4 Å². The van der Waals surface area contributed by atoms with E-state index in [0.717, 1.165) is 17.8 Å². The second kappa shape index (κ2) is 6.98. The standard InChI is InChI=1S/C18H23N3O/c1-4-7-20-18(22)16-11-14(19)5-6-17(16)21-15-9-12(2)8-13(3)10-15/h5-6,8-11,21H,4,7,19H2,1-3H3,(H,20,22). The van der Waals surface area contributed by atoms with Crippen LogP contribution in [-0.4, -0.2) is 12.5 Å². The quantitative estimate of drug-likeness (QED) is 0.736. The zero-order valence-corrected chi connectivity index (χ0v) is 13.4. The Kier molecular flexibility index (Phi) is 5.04. The van der Waals surface area contributed by atoms with E-state index in [1.807, 2.05) is 13.0 Å². The van der Waals surface area contributed by atoms with E-state index in [2.05, 4.69) is 42.7 Å². The summed E-state index contributed by atoms with van der Waals surface area (Å²) in [6.45, 7) is 6.77. The fourth-order valence-electron chi connectivity index (χ4n) is 2.39. The van der Waals surface area contributed by atoms with Crippen molar-refractivity contribution in [2.75, 3.05) is 17.6 Å². The van der Waals surface area contributed by atoms with Crippen molar-refractivity contribution in [3.8, 4) is 0 Å². The number of anilines is 3. The molecule has 0 aromatic heterocycles. The third kappa shape index (κ3) is 4.01. The third-order valence-corrected chi connectivity index (χ3v) is 3.32. The van der Waals surface area contributed by atoms with Gasteiger partial charge >= 0.3 is 0 Å². The number of aryl methyl sites for hydroxylation is 2. The molecule has 2 aromatic carbocycles. The van der Waals surface area contributed by atoms with Crippen molar-refractivity contribution in [2.45, 2.75) is 27.2 Å². The summed E-state index contributed by atoms with van der Waals surface area (Å²) < 4.78 is 0. The van der Waals surface area contributed by atoms with Crippen molar-refractivity contribution in [3.63, 3.8) is 0 Å². The second-order valence-electron chi connectivity index (χ2n) is 5.56. The molecule has 4 N–H and O–H groups in total. The SMILES string of the molecule is CCCNC(=O)c1cc(N)ccc1Nc1cc(C)cc(C)c1. The number of hydrogen-bond donors (Lipinski definition) is 3. The molecule has 0 fully saturated rings. The van der Waals surface area contributed by atoms with Crippen LogP contribution in [0.25, 0.3) is 0 Å². The summed E-state index contributed by atoms with van der Waals surface area (Å²) in [4.78, 5) is 12.3. The van der Waals surface area contributed by atoms with Crippen LogP contribution in [0.3, 0.4) is 0 Å². The second-order valence-corrected chi connectivity index (χ2v) is 5.56. The number of amides is 1. The van der Waals surface area contributed by atoms with E-state index in [4.69, 9.17) is 5.73 Å². The molecule has 2 rings (SSSR count). The minimum absolute atomic E-state index is 0.110. The fraction of sp³-hybridized carbons (Fsp3) is 0.278. The lowest BCUT2D eigenvalue weighted by Gasteiger charge is -2.14. The summed E-state index contributed by atoms with van der Waals surface area (Å²) >= 11 is 0. The van der Waals surface area contributed by atoms with Crippen molar-refractivity contribution in [1.29, 1.82) is 0 Å². The van der Waals surface area contributed by atoms with E-state index >= 15 is 0 Å². The highest BCUT2D eigenvalue weighted by atomic mass is 16.1. The zero-order chi connectivity index (χ0) is 16.1. The van der Waals surface area contributed by atoms with Gasteiger partial charge in [0.1, 0.15) is 0 Å². The first-order chi connectivity index (χ1) is 10.5. The number of carbonyl (C=O) groups is 1.